The fraction of sp³-hybridized carbons (Fsp3) is 0.417. The number of hydrogen-bond donors (Lipinski definition) is 2. The lowest BCUT2D eigenvalue weighted by Crippen LogP contribution is -2.27. The van der Waals surface area contributed by atoms with Gasteiger partial charge in [0.25, 0.3) is 5.56 Å². The molecule has 1 aromatic rings. The number of nitrogens with one attached hydrogen (secondary N) is 1. The molecule has 0 radical (unpaired) electrons. The van der Waals surface area contributed by atoms with Crippen LogP contribution in [0.15, 0.2) is 23.1 Å². The quantitative estimate of drug-likeness (QED) is 0.728. The zero-order valence-electron chi connectivity index (χ0n) is 10.3. The smallest absolute Gasteiger partial charge is 0.303 e. The molecule has 1 heterocycles. The van der Waals surface area contributed by atoms with E-state index in [2.05, 4.69) is 5.32 Å². The largest absolute Gasteiger partial charge is 0.481 e. The highest BCUT2D eigenvalue weighted by atomic mass is 35.5. The Morgan fingerprint density at radius 3 is 2.74 bits per heavy atom. The highest BCUT2D eigenvalue weighted by molar-refractivity contribution is 6.30. The number of rotatable bonds is 7. The summed E-state index contributed by atoms with van der Waals surface area (Å²) in [4.78, 5) is 32.9. The van der Waals surface area contributed by atoms with Gasteiger partial charge in [0.1, 0.15) is 0 Å². The summed E-state index contributed by atoms with van der Waals surface area (Å²) in [6, 6.07) is 2.90. The first kappa shape index (κ1) is 15.2. The second-order valence-electron chi connectivity index (χ2n) is 3.98. The molecule has 1 rings (SSSR count). The molecule has 0 atom stereocenters. The summed E-state index contributed by atoms with van der Waals surface area (Å²) in [5, 5.41) is 11.5. The van der Waals surface area contributed by atoms with Crippen LogP contribution in [0, 0.1) is 0 Å². The van der Waals surface area contributed by atoms with Gasteiger partial charge in [0.2, 0.25) is 5.91 Å². The van der Waals surface area contributed by atoms with Gasteiger partial charge in [-0.2, -0.15) is 0 Å². The predicted molar refractivity (Wildman–Crippen MR) is 70.2 cm³/mol. The molecular weight excluding hydrogens is 272 g/mol. The van der Waals surface area contributed by atoms with Gasteiger partial charge < -0.3 is 15.0 Å². The van der Waals surface area contributed by atoms with E-state index in [0.717, 1.165) is 0 Å². The Kier molecular flexibility index (Phi) is 6.08. The molecule has 0 bridgehead atoms. The third kappa shape index (κ3) is 6.05. The lowest BCUT2D eigenvalue weighted by atomic mass is 10.3. The number of pyridine rings is 1. The van der Waals surface area contributed by atoms with E-state index in [1.54, 1.807) is 0 Å². The van der Waals surface area contributed by atoms with Crippen molar-refractivity contribution in [1.82, 2.24) is 9.88 Å². The van der Waals surface area contributed by atoms with Crippen molar-refractivity contribution < 1.29 is 14.7 Å². The van der Waals surface area contributed by atoms with Gasteiger partial charge in [-0.15, -0.1) is 0 Å². The molecule has 0 aliphatic heterocycles. The van der Waals surface area contributed by atoms with Crippen LogP contribution in [0.3, 0.4) is 0 Å². The van der Waals surface area contributed by atoms with Gasteiger partial charge in [-0.1, -0.05) is 11.6 Å². The van der Waals surface area contributed by atoms with E-state index in [9.17, 15) is 14.4 Å². The van der Waals surface area contributed by atoms with Gasteiger partial charge in [0, 0.05) is 31.8 Å². The van der Waals surface area contributed by atoms with Crippen molar-refractivity contribution in [3.8, 4) is 0 Å². The number of carbonyl (C=O) groups excluding carboxylic acids is 1. The number of amides is 1. The first-order valence-corrected chi connectivity index (χ1v) is 6.21. The molecule has 0 unspecified atom stereocenters. The predicted octanol–water partition coefficient (Wildman–Crippen LogP) is 0.873. The average Bonchev–Trinajstić information content (AvgIpc) is 2.36. The molecule has 7 heteroatoms. The Bertz CT molecular complexity index is 513. The van der Waals surface area contributed by atoms with Crippen LogP contribution in [-0.4, -0.2) is 28.1 Å². The minimum absolute atomic E-state index is 0.0353. The standard InChI is InChI=1S/C12H15ClN2O4/c13-9-2-4-11(17)15(8-9)7-1-6-14-10(16)3-5-12(18)19/h2,4,8H,1,3,5-7H2,(H,14,16)(H,18,19). The molecule has 0 aromatic carbocycles. The highest BCUT2D eigenvalue weighted by Gasteiger charge is 2.04. The van der Waals surface area contributed by atoms with Gasteiger partial charge in [0.05, 0.1) is 11.4 Å². The van der Waals surface area contributed by atoms with Gasteiger partial charge in [-0.25, -0.2) is 0 Å². The molecule has 0 saturated heterocycles. The van der Waals surface area contributed by atoms with E-state index >= 15 is 0 Å². The molecule has 0 fully saturated rings. The third-order valence-corrected chi connectivity index (χ3v) is 2.63. The van der Waals surface area contributed by atoms with Crippen molar-refractivity contribution in [3.63, 3.8) is 0 Å². The number of carboxylic acid groups (broad SMARTS) is 1. The molecule has 6 nitrogen and oxygen atoms in total. The van der Waals surface area contributed by atoms with E-state index < -0.39 is 5.97 Å². The van der Waals surface area contributed by atoms with Crippen molar-refractivity contribution >= 4 is 23.5 Å². The van der Waals surface area contributed by atoms with Crippen molar-refractivity contribution in [2.24, 2.45) is 0 Å². The Morgan fingerprint density at radius 2 is 2.05 bits per heavy atom. The molecule has 2 N–H and O–H groups in total. The van der Waals surface area contributed by atoms with Crippen LogP contribution in [0.5, 0.6) is 0 Å². The number of carbonyl (C=O) groups is 2. The molecule has 19 heavy (non-hydrogen) atoms. The summed E-state index contributed by atoms with van der Waals surface area (Å²) in [7, 11) is 0. The Labute approximate surface area is 115 Å². The topological polar surface area (TPSA) is 88.4 Å². The second kappa shape index (κ2) is 7.58. The Balaban J connectivity index is 2.27. The first-order valence-electron chi connectivity index (χ1n) is 5.83. The minimum atomic E-state index is -0.999. The third-order valence-electron chi connectivity index (χ3n) is 2.41. The van der Waals surface area contributed by atoms with E-state index in [4.69, 9.17) is 16.7 Å². The van der Waals surface area contributed by atoms with Gasteiger partial charge in [0.15, 0.2) is 0 Å². The Morgan fingerprint density at radius 1 is 1.32 bits per heavy atom. The Hall–Kier alpha value is -1.82. The van der Waals surface area contributed by atoms with Crippen molar-refractivity contribution in [2.75, 3.05) is 6.54 Å². The molecule has 1 aromatic heterocycles. The van der Waals surface area contributed by atoms with E-state index in [1.807, 2.05) is 0 Å². The number of nitrogens with zero attached hydrogens (tertiary/aromatic N) is 1. The zero-order valence-corrected chi connectivity index (χ0v) is 11.0. The monoisotopic (exact) mass is 286 g/mol. The molecule has 0 spiro atoms. The number of hydrogen-bond acceptors (Lipinski definition) is 3. The van der Waals surface area contributed by atoms with Crippen molar-refractivity contribution in [1.29, 1.82) is 0 Å². The lowest BCUT2D eigenvalue weighted by Gasteiger charge is -2.07. The summed E-state index contributed by atoms with van der Waals surface area (Å²) >= 11 is 5.77. The summed E-state index contributed by atoms with van der Waals surface area (Å²) < 4.78 is 1.46. The minimum Gasteiger partial charge on any atom is -0.481 e. The SMILES string of the molecule is O=C(O)CCC(=O)NCCCn1cc(Cl)ccc1=O. The van der Waals surface area contributed by atoms with Crippen molar-refractivity contribution in [3.05, 3.63) is 33.7 Å². The van der Waals surface area contributed by atoms with Crippen molar-refractivity contribution in [2.45, 2.75) is 25.8 Å². The summed E-state index contributed by atoms with van der Waals surface area (Å²) in [6.07, 6.45) is 1.89. The van der Waals surface area contributed by atoms with Crippen LogP contribution in [0.25, 0.3) is 0 Å². The van der Waals surface area contributed by atoms with Crippen LogP contribution in [0.1, 0.15) is 19.3 Å². The van der Waals surface area contributed by atoms with Gasteiger partial charge in [-0.05, 0) is 12.5 Å². The maximum Gasteiger partial charge on any atom is 0.303 e. The lowest BCUT2D eigenvalue weighted by molar-refractivity contribution is -0.138. The molecule has 0 aliphatic carbocycles. The molecular formula is C12H15ClN2O4. The van der Waals surface area contributed by atoms with Gasteiger partial charge >= 0.3 is 5.97 Å². The van der Waals surface area contributed by atoms with Crippen LogP contribution in [-0.2, 0) is 16.1 Å². The highest BCUT2D eigenvalue weighted by Crippen LogP contribution is 2.03. The fourth-order valence-electron chi connectivity index (χ4n) is 1.46. The zero-order chi connectivity index (χ0) is 14.3. The average molecular weight is 287 g/mol. The van der Waals surface area contributed by atoms with Crippen LogP contribution in [0.2, 0.25) is 5.02 Å². The number of halogens is 1. The summed E-state index contributed by atoms with van der Waals surface area (Å²) in [6.45, 7) is 0.829. The van der Waals surface area contributed by atoms with E-state index in [0.29, 0.717) is 24.5 Å². The molecule has 104 valence electrons. The van der Waals surface area contributed by atoms with Crippen LogP contribution >= 0.6 is 11.6 Å². The normalized spacial score (nSPS) is 10.2. The van der Waals surface area contributed by atoms with Crippen LogP contribution < -0.4 is 10.9 Å². The number of aliphatic carboxylic acids is 1. The second-order valence-corrected chi connectivity index (χ2v) is 4.41. The molecule has 1 amide bonds. The first-order chi connectivity index (χ1) is 8.99. The van der Waals surface area contributed by atoms with E-state index in [1.165, 1.54) is 22.9 Å². The maximum atomic E-state index is 11.4. The number of aromatic nitrogens is 1. The summed E-state index contributed by atoms with van der Waals surface area (Å²) in [5.74, 6) is -1.30. The summed E-state index contributed by atoms with van der Waals surface area (Å²) in [5.41, 5.74) is -0.151. The fourth-order valence-corrected chi connectivity index (χ4v) is 1.64. The number of aryl methyl sites for hydroxylation is 1. The van der Waals surface area contributed by atoms with E-state index in [-0.39, 0.29) is 24.3 Å². The maximum absolute atomic E-state index is 11.4. The number of carboxylic acids is 1. The van der Waals surface area contributed by atoms with Crippen LogP contribution in [0.4, 0.5) is 0 Å². The van der Waals surface area contributed by atoms with Gasteiger partial charge in [-0.3, -0.25) is 14.4 Å². The molecule has 0 saturated carbocycles. The molecule has 0 aliphatic rings.